The molecule has 0 aromatic rings. The summed E-state index contributed by atoms with van der Waals surface area (Å²) in [4.78, 5) is 22.2. The van der Waals surface area contributed by atoms with Gasteiger partial charge in [0.2, 0.25) is 12.6 Å². The number of amides is 1. The number of hydrogen-bond acceptors (Lipinski definition) is 4. The van der Waals surface area contributed by atoms with Crippen molar-refractivity contribution in [3.63, 3.8) is 0 Å². The predicted octanol–water partition coefficient (Wildman–Crippen LogP) is -0.399. The Morgan fingerprint density at radius 3 is 2.50 bits per heavy atom. The van der Waals surface area contributed by atoms with Crippen LogP contribution in [0.2, 0.25) is 0 Å². The topological polar surface area (TPSA) is 108 Å². The summed E-state index contributed by atoms with van der Waals surface area (Å²) in [5.74, 6) is 0. The normalized spacial score (nSPS) is 9.80. The molecule has 0 saturated carbocycles. The minimum atomic E-state index is -3.04. The SMILES string of the molecule is NP(N)(=S)OC(=O)N=C=O. The van der Waals surface area contributed by atoms with Crippen LogP contribution >= 0.6 is 6.57 Å². The Morgan fingerprint density at radius 2 is 2.20 bits per heavy atom. The maximum atomic E-state index is 10.2. The van der Waals surface area contributed by atoms with E-state index >= 15 is 0 Å². The number of nitrogens with zero attached hydrogens (tertiary/aromatic N) is 1. The zero-order valence-corrected chi connectivity index (χ0v) is 6.39. The molecular formula is C2H4N3O3PS. The lowest BCUT2D eigenvalue weighted by atomic mass is 11.2. The summed E-state index contributed by atoms with van der Waals surface area (Å²) >= 11 is 4.31. The fourth-order valence-electron chi connectivity index (χ4n) is 0.180. The molecule has 0 aromatic heterocycles. The molecular weight excluding hydrogens is 177 g/mol. The molecule has 0 atom stereocenters. The monoisotopic (exact) mass is 181 g/mol. The molecule has 0 radical (unpaired) electrons. The number of rotatable bonds is 1. The molecule has 0 fully saturated rings. The fourth-order valence-corrected chi connectivity index (χ4v) is 0.656. The van der Waals surface area contributed by atoms with Crippen molar-refractivity contribution in [3.8, 4) is 0 Å². The summed E-state index contributed by atoms with van der Waals surface area (Å²) < 4.78 is 4.09. The lowest BCUT2D eigenvalue weighted by Crippen LogP contribution is -2.10. The van der Waals surface area contributed by atoms with Crippen molar-refractivity contribution in [2.24, 2.45) is 16.0 Å². The molecule has 0 bridgehead atoms. The van der Waals surface area contributed by atoms with Crippen LogP contribution in [-0.4, -0.2) is 12.2 Å². The van der Waals surface area contributed by atoms with Crippen LogP contribution in [0.25, 0.3) is 0 Å². The first kappa shape index (κ1) is 9.42. The third kappa shape index (κ3) is 5.55. The number of carbonyl (C=O) groups excluding carboxylic acids is 2. The van der Waals surface area contributed by atoms with E-state index in [1.54, 1.807) is 0 Å². The third-order valence-electron chi connectivity index (χ3n) is 0.358. The first-order valence-electron chi connectivity index (χ1n) is 1.94. The molecule has 0 unspecified atom stereocenters. The molecule has 0 aliphatic heterocycles. The van der Waals surface area contributed by atoms with Gasteiger partial charge in [0.25, 0.3) is 0 Å². The van der Waals surface area contributed by atoms with E-state index in [2.05, 4.69) is 21.3 Å². The molecule has 0 aliphatic carbocycles. The summed E-state index contributed by atoms with van der Waals surface area (Å²) in [6.07, 6.45) is -0.254. The number of isocyanates is 1. The van der Waals surface area contributed by atoms with Crippen LogP contribution in [-0.2, 0) is 21.1 Å². The molecule has 6 nitrogen and oxygen atoms in total. The molecule has 0 rings (SSSR count). The van der Waals surface area contributed by atoms with Crippen LogP contribution in [0.3, 0.4) is 0 Å². The maximum Gasteiger partial charge on any atom is 0.449 e. The van der Waals surface area contributed by atoms with Crippen molar-refractivity contribution in [2.45, 2.75) is 0 Å². The van der Waals surface area contributed by atoms with Gasteiger partial charge < -0.3 is 4.52 Å². The van der Waals surface area contributed by atoms with E-state index in [0.29, 0.717) is 0 Å². The minimum Gasteiger partial charge on any atom is -0.392 e. The lowest BCUT2D eigenvalue weighted by molar-refractivity contribution is 0.216. The van der Waals surface area contributed by atoms with Gasteiger partial charge in [-0.15, -0.1) is 0 Å². The van der Waals surface area contributed by atoms with Crippen LogP contribution in [0.5, 0.6) is 0 Å². The summed E-state index contributed by atoms with van der Waals surface area (Å²) in [6, 6.07) is 0. The molecule has 0 spiro atoms. The zero-order chi connectivity index (χ0) is 8.20. The Labute approximate surface area is 61.4 Å². The first-order chi connectivity index (χ1) is 4.45. The van der Waals surface area contributed by atoms with E-state index in [1.165, 1.54) is 0 Å². The molecule has 8 heteroatoms. The second-order valence-corrected chi connectivity index (χ2v) is 4.39. The Hall–Kier alpha value is -0.580. The highest BCUT2D eigenvalue weighted by molar-refractivity contribution is 8.10. The molecule has 0 saturated heterocycles. The summed E-state index contributed by atoms with van der Waals surface area (Å²) in [7, 11) is 0. The van der Waals surface area contributed by atoms with Crippen molar-refractivity contribution in [1.29, 1.82) is 0 Å². The standard InChI is InChI=1S/C2H4N3O3PS/c3-9(4,10)8-2(7)5-1-6/h(H4,3,4,10). The van der Waals surface area contributed by atoms with Gasteiger partial charge in [-0.2, -0.15) is 0 Å². The van der Waals surface area contributed by atoms with Crippen LogP contribution in [0, 0.1) is 0 Å². The first-order valence-corrected chi connectivity index (χ1v) is 4.80. The second-order valence-electron chi connectivity index (χ2n) is 1.21. The number of aliphatic imine (C=N–C) groups is 1. The summed E-state index contributed by atoms with van der Waals surface area (Å²) in [5, 5.41) is 0. The van der Waals surface area contributed by atoms with E-state index < -0.39 is 12.7 Å². The van der Waals surface area contributed by atoms with Gasteiger partial charge in [0.1, 0.15) is 0 Å². The van der Waals surface area contributed by atoms with Crippen molar-refractivity contribution < 1.29 is 14.1 Å². The number of nitrogens with two attached hydrogens (primary N) is 2. The average Bonchev–Trinajstić information content (AvgIpc) is 1.59. The van der Waals surface area contributed by atoms with Gasteiger partial charge in [-0.3, -0.25) is 11.0 Å². The maximum absolute atomic E-state index is 10.2. The molecule has 0 aliphatic rings. The Bertz CT molecular complexity index is 228. The number of carbonyl (C=O) groups is 1. The van der Waals surface area contributed by atoms with Gasteiger partial charge in [-0.25, -0.2) is 9.59 Å². The van der Waals surface area contributed by atoms with Gasteiger partial charge >= 0.3 is 6.09 Å². The predicted molar refractivity (Wildman–Crippen MR) is 37.3 cm³/mol. The van der Waals surface area contributed by atoms with Crippen LogP contribution in [0.1, 0.15) is 0 Å². The molecule has 10 heavy (non-hydrogen) atoms. The van der Waals surface area contributed by atoms with E-state index in [9.17, 15) is 9.59 Å². The van der Waals surface area contributed by atoms with Crippen molar-refractivity contribution in [1.82, 2.24) is 0 Å². The van der Waals surface area contributed by atoms with E-state index in [1.807, 2.05) is 0 Å². The van der Waals surface area contributed by atoms with Crippen LogP contribution < -0.4 is 11.0 Å². The van der Waals surface area contributed by atoms with E-state index in [4.69, 9.17) is 11.0 Å². The smallest absolute Gasteiger partial charge is 0.392 e. The van der Waals surface area contributed by atoms with E-state index in [-0.39, 0.29) is 0 Å². The van der Waals surface area contributed by atoms with Crippen LogP contribution in [0.4, 0.5) is 4.79 Å². The summed E-state index contributed by atoms with van der Waals surface area (Å²) in [5.41, 5.74) is 9.87. The Morgan fingerprint density at radius 1 is 1.70 bits per heavy atom. The van der Waals surface area contributed by atoms with Gasteiger partial charge in [0, 0.05) is 0 Å². The highest BCUT2D eigenvalue weighted by Gasteiger charge is 2.09. The summed E-state index contributed by atoms with van der Waals surface area (Å²) in [6.45, 7) is -3.04. The van der Waals surface area contributed by atoms with Crippen molar-refractivity contribution in [2.75, 3.05) is 0 Å². The van der Waals surface area contributed by atoms with Gasteiger partial charge in [-0.1, -0.05) is 4.99 Å². The molecule has 4 N–H and O–H groups in total. The molecule has 0 heterocycles. The minimum absolute atomic E-state index is 0.951. The van der Waals surface area contributed by atoms with Crippen molar-refractivity contribution >= 4 is 30.5 Å². The zero-order valence-electron chi connectivity index (χ0n) is 4.68. The number of hydrogen-bond donors (Lipinski definition) is 2. The van der Waals surface area contributed by atoms with Gasteiger partial charge in [-0.05, 0) is 11.8 Å². The Kier molecular flexibility index (Phi) is 3.35. The highest BCUT2D eigenvalue weighted by atomic mass is 32.4. The fraction of sp³-hybridized carbons (Fsp3) is 0. The largest absolute Gasteiger partial charge is 0.449 e. The highest BCUT2D eigenvalue weighted by Crippen LogP contribution is 2.27. The second kappa shape index (κ2) is 3.55. The van der Waals surface area contributed by atoms with Crippen LogP contribution in [0.15, 0.2) is 4.99 Å². The van der Waals surface area contributed by atoms with Crippen molar-refractivity contribution in [3.05, 3.63) is 0 Å². The molecule has 56 valence electrons. The molecule has 1 amide bonds. The van der Waals surface area contributed by atoms with Gasteiger partial charge in [0.15, 0.2) is 0 Å². The third-order valence-corrected chi connectivity index (χ3v) is 1.02. The quantitative estimate of drug-likeness (QED) is 0.323. The average molecular weight is 181 g/mol. The Balaban J connectivity index is 4.06. The van der Waals surface area contributed by atoms with Gasteiger partial charge in [0.05, 0.1) is 0 Å². The molecule has 0 aromatic carbocycles. The lowest BCUT2D eigenvalue weighted by Gasteiger charge is -2.05. The van der Waals surface area contributed by atoms with E-state index in [0.717, 1.165) is 6.08 Å².